The molecule has 0 fully saturated rings. The van der Waals surface area contributed by atoms with Crippen molar-refractivity contribution in [1.82, 2.24) is 10.6 Å². The molecular formula is C19H22BrN3O2. The third-order valence-corrected chi connectivity index (χ3v) is 4.48. The normalized spacial score (nSPS) is 12.9. The predicted molar refractivity (Wildman–Crippen MR) is 102 cm³/mol. The molecule has 0 aliphatic heterocycles. The summed E-state index contributed by atoms with van der Waals surface area (Å²) < 4.78 is 0.926. The summed E-state index contributed by atoms with van der Waals surface area (Å²) in [7, 11) is 0. The number of rotatable bonds is 7. The molecule has 6 heteroatoms. The average Bonchev–Trinajstić information content (AvgIpc) is 2.60. The maximum Gasteiger partial charge on any atom is 0.312 e. The number of nitrogens with two attached hydrogens (primary N) is 1. The molecule has 0 spiro atoms. The summed E-state index contributed by atoms with van der Waals surface area (Å²) in [6.45, 7) is 2.59. The van der Waals surface area contributed by atoms with Crippen LogP contribution in [-0.2, 0) is 4.79 Å². The van der Waals surface area contributed by atoms with E-state index in [9.17, 15) is 9.59 Å². The Labute approximate surface area is 156 Å². The van der Waals surface area contributed by atoms with Crippen molar-refractivity contribution in [1.29, 1.82) is 0 Å². The van der Waals surface area contributed by atoms with Crippen molar-refractivity contribution < 1.29 is 9.59 Å². The number of carbonyl (C=O) groups is 2. The standard InChI is InChI=1S/C19H22BrN3O2/c1-13(14-5-3-2-4-6-14)12-22-18(24)11-17(23-19(21)25)15-7-9-16(20)10-8-15/h2-10,13,17H,11-12H2,1H3,(H,22,24)(H3,21,23,25)/t13-,17+/m1/s1. The maximum absolute atomic E-state index is 12.3. The molecule has 25 heavy (non-hydrogen) atoms. The number of amides is 3. The third kappa shape index (κ3) is 6.23. The molecule has 0 saturated heterocycles. The smallest absolute Gasteiger partial charge is 0.312 e. The molecule has 132 valence electrons. The zero-order valence-corrected chi connectivity index (χ0v) is 15.6. The fourth-order valence-electron chi connectivity index (χ4n) is 2.54. The topological polar surface area (TPSA) is 84.2 Å². The van der Waals surface area contributed by atoms with E-state index >= 15 is 0 Å². The van der Waals surface area contributed by atoms with Crippen LogP contribution in [0.25, 0.3) is 0 Å². The Morgan fingerprint density at radius 3 is 2.28 bits per heavy atom. The van der Waals surface area contributed by atoms with E-state index in [0.717, 1.165) is 10.0 Å². The van der Waals surface area contributed by atoms with Crippen molar-refractivity contribution in [3.63, 3.8) is 0 Å². The van der Waals surface area contributed by atoms with Gasteiger partial charge in [-0.15, -0.1) is 0 Å². The Morgan fingerprint density at radius 2 is 1.68 bits per heavy atom. The fourth-order valence-corrected chi connectivity index (χ4v) is 2.81. The van der Waals surface area contributed by atoms with E-state index in [0.29, 0.717) is 6.54 Å². The highest BCUT2D eigenvalue weighted by molar-refractivity contribution is 9.10. The lowest BCUT2D eigenvalue weighted by atomic mass is 10.0. The molecule has 0 unspecified atom stereocenters. The van der Waals surface area contributed by atoms with Crippen molar-refractivity contribution in [3.05, 3.63) is 70.2 Å². The minimum absolute atomic E-state index is 0.131. The van der Waals surface area contributed by atoms with E-state index < -0.39 is 12.1 Å². The van der Waals surface area contributed by atoms with Gasteiger partial charge in [-0.05, 0) is 29.2 Å². The highest BCUT2D eigenvalue weighted by Crippen LogP contribution is 2.20. The number of hydrogen-bond acceptors (Lipinski definition) is 2. The van der Waals surface area contributed by atoms with Crippen molar-refractivity contribution in [3.8, 4) is 0 Å². The molecule has 0 aliphatic carbocycles. The van der Waals surface area contributed by atoms with Crippen LogP contribution in [0.4, 0.5) is 4.79 Å². The van der Waals surface area contributed by atoms with Crippen LogP contribution in [0.3, 0.4) is 0 Å². The lowest BCUT2D eigenvalue weighted by Crippen LogP contribution is -2.37. The lowest BCUT2D eigenvalue weighted by molar-refractivity contribution is -0.121. The lowest BCUT2D eigenvalue weighted by Gasteiger charge is -2.19. The number of benzene rings is 2. The summed E-state index contributed by atoms with van der Waals surface area (Å²) >= 11 is 3.37. The molecular weight excluding hydrogens is 382 g/mol. The number of nitrogens with one attached hydrogen (secondary N) is 2. The minimum atomic E-state index is -0.654. The van der Waals surface area contributed by atoms with Crippen LogP contribution in [0.2, 0.25) is 0 Å². The number of halogens is 1. The molecule has 0 heterocycles. The summed E-state index contributed by atoms with van der Waals surface area (Å²) in [5.74, 6) is 0.0739. The molecule has 0 bridgehead atoms. The van der Waals surface area contributed by atoms with Gasteiger partial charge in [-0.1, -0.05) is 65.3 Å². The molecule has 2 rings (SSSR count). The van der Waals surface area contributed by atoms with Crippen LogP contribution >= 0.6 is 15.9 Å². The Balaban J connectivity index is 1.94. The van der Waals surface area contributed by atoms with Gasteiger partial charge in [-0.25, -0.2) is 4.79 Å². The highest BCUT2D eigenvalue weighted by atomic mass is 79.9. The first-order valence-corrected chi connectivity index (χ1v) is 8.88. The zero-order valence-electron chi connectivity index (χ0n) is 14.0. The zero-order chi connectivity index (χ0) is 18.2. The van der Waals surface area contributed by atoms with Crippen molar-refractivity contribution >= 4 is 27.9 Å². The van der Waals surface area contributed by atoms with Gasteiger partial charge >= 0.3 is 6.03 Å². The van der Waals surface area contributed by atoms with E-state index in [2.05, 4.69) is 33.5 Å². The molecule has 4 N–H and O–H groups in total. The van der Waals surface area contributed by atoms with Crippen LogP contribution in [0.5, 0.6) is 0 Å². The molecule has 2 aromatic carbocycles. The first-order valence-electron chi connectivity index (χ1n) is 8.08. The van der Waals surface area contributed by atoms with Gasteiger partial charge in [-0.3, -0.25) is 4.79 Å². The second-order valence-corrected chi connectivity index (χ2v) is 6.85. The van der Waals surface area contributed by atoms with Crippen LogP contribution < -0.4 is 16.4 Å². The Morgan fingerprint density at radius 1 is 1.04 bits per heavy atom. The summed E-state index contributed by atoms with van der Waals surface area (Å²) in [6.07, 6.45) is 0.131. The molecule has 0 saturated carbocycles. The molecule has 2 aromatic rings. The van der Waals surface area contributed by atoms with Crippen LogP contribution in [0, 0.1) is 0 Å². The second-order valence-electron chi connectivity index (χ2n) is 5.93. The highest BCUT2D eigenvalue weighted by Gasteiger charge is 2.18. The van der Waals surface area contributed by atoms with Crippen LogP contribution in [-0.4, -0.2) is 18.5 Å². The van der Waals surface area contributed by atoms with Gasteiger partial charge in [0.1, 0.15) is 0 Å². The first-order chi connectivity index (χ1) is 12.0. The Kier molecular flexibility index (Phi) is 7.01. The third-order valence-electron chi connectivity index (χ3n) is 3.95. The van der Waals surface area contributed by atoms with Gasteiger partial charge in [0.15, 0.2) is 0 Å². The van der Waals surface area contributed by atoms with Gasteiger partial charge in [0.25, 0.3) is 0 Å². The molecule has 3 amide bonds. The summed E-state index contributed by atoms with van der Waals surface area (Å²) in [5, 5.41) is 5.55. The Hall–Kier alpha value is -2.34. The quantitative estimate of drug-likeness (QED) is 0.660. The van der Waals surface area contributed by atoms with Crippen molar-refractivity contribution in [2.24, 2.45) is 5.73 Å². The van der Waals surface area contributed by atoms with Gasteiger partial charge in [-0.2, -0.15) is 0 Å². The van der Waals surface area contributed by atoms with E-state index in [1.807, 2.05) is 54.6 Å². The van der Waals surface area contributed by atoms with Gasteiger partial charge < -0.3 is 16.4 Å². The number of hydrogen-bond donors (Lipinski definition) is 3. The molecule has 0 radical (unpaired) electrons. The van der Waals surface area contributed by atoms with E-state index in [4.69, 9.17) is 5.73 Å². The largest absolute Gasteiger partial charge is 0.355 e. The summed E-state index contributed by atoms with van der Waals surface area (Å²) in [5.41, 5.74) is 7.24. The Bertz CT molecular complexity index is 704. The number of urea groups is 1. The van der Waals surface area contributed by atoms with Crippen molar-refractivity contribution in [2.45, 2.75) is 25.3 Å². The monoisotopic (exact) mass is 403 g/mol. The van der Waals surface area contributed by atoms with Crippen LogP contribution in [0.15, 0.2) is 59.1 Å². The fraction of sp³-hybridized carbons (Fsp3) is 0.263. The van der Waals surface area contributed by atoms with Gasteiger partial charge in [0.05, 0.1) is 12.5 Å². The second kappa shape index (κ2) is 9.22. The predicted octanol–water partition coefficient (Wildman–Crippen LogP) is 3.47. The van der Waals surface area contributed by atoms with Gasteiger partial charge in [0, 0.05) is 11.0 Å². The van der Waals surface area contributed by atoms with Gasteiger partial charge in [0.2, 0.25) is 5.91 Å². The maximum atomic E-state index is 12.3. The van der Waals surface area contributed by atoms with E-state index in [1.165, 1.54) is 5.56 Å². The van der Waals surface area contributed by atoms with E-state index in [1.54, 1.807) is 0 Å². The molecule has 2 atom stereocenters. The molecule has 5 nitrogen and oxygen atoms in total. The summed E-state index contributed by atoms with van der Waals surface area (Å²) in [4.78, 5) is 23.6. The number of carbonyl (C=O) groups excluding carboxylic acids is 2. The van der Waals surface area contributed by atoms with Crippen LogP contribution in [0.1, 0.15) is 36.4 Å². The molecule has 0 aromatic heterocycles. The minimum Gasteiger partial charge on any atom is -0.355 e. The SMILES string of the molecule is C[C@H](CNC(=O)C[C@H](NC(N)=O)c1ccc(Br)cc1)c1ccccc1. The number of primary amides is 1. The first kappa shape index (κ1) is 19.0. The summed E-state index contributed by atoms with van der Waals surface area (Å²) in [6, 6.07) is 16.3. The van der Waals surface area contributed by atoms with Crippen molar-refractivity contribution in [2.75, 3.05) is 6.54 Å². The molecule has 0 aliphatic rings. The average molecular weight is 404 g/mol. The van der Waals surface area contributed by atoms with E-state index in [-0.39, 0.29) is 18.2 Å².